The summed E-state index contributed by atoms with van der Waals surface area (Å²) >= 11 is 0. The molecule has 0 aromatic heterocycles. The fourth-order valence-corrected chi connectivity index (χ4v) is 4.76. The molecule has 0 unspecified atom stereocenters. The third kappa shape index (κ3) is 6.17. The van der Waals surface area contributed by atoms with Crippen molar-refractivity contribution in [1.29, 1.82) is 0 Å². The van der Waals surface area contributed by atoms with Gasteiger partial charge in [0.25, 0.3) is 10.0 Å². The number of halogens is 1. The predicted molar refractivity (Wildman–Crippen MR) is 125 cm³/mol. The molecule has 0 saturated carbocycles. The van der Waals surface area contributed by atoms with Gasteiger partial charge in [-0.1, -0.05) is 47.5 Å². The Morgan fingerprint density at radius 1 is 0.938 bits per heavy atom. The number of aryl methyl sites for hydroxylation is 3. The molecule has 0 heterocycles. The molecular formula is C25H27FN2O3S. The Kier molecular flexibility index (Phi) is 7.64. The highest BCUT2D eigenvalue weighted by Gasteiger charge is 2.27. The number of sulfonamides is 1. The molecule has 0 saturated heterocycles. The quantitative estimate of drug-likeness (QED) is 0.488. The summed E-state index contributed by atoms with van der Waals surface area (Å²) in [5.74, 6) is -0.933. The molecule has 3 aromatic carbocycles. The number of benzene rings is 3. The minimum atomic E-state index is -4.05. The third-order valence-corrected chi connectivity index (χ3v) is 6.85. The van der Waals surface area contributed by atoms with Crippen molar-refractivity contribution in [2.45, 2.75) is 31.6 Å². The van der Waals surface area contributed by atoms with E-state index in [9.17, 15) is 17.6 Å². The first-order valence-corrected chi connectivity index (χ1v) is 11.9. The van der Waals surface area contributed by atoms with Gasteiger partial charge in [0.2, 0.25) is 5.91 Å². The molecule has 3 aromatic rings. The minimum Gasteiger partial charge on any atom is -0.355 e. The Morgan fingerprint density at radius 3 is 2.28 bits per heavy atom. The average Bonchev–Trinajstić information content (AvgIpc) is 2.76. The number of rotatable bonds is 9. The van der Waals surface area contributed by atoms with Crippen LogP contribution in [0.2, 0.25) is 0 Å². The van der Waals surface area contributed by atoms with E-state index >= 15 is 0 Å². The number of hydrogen-bond acceptors (Lipinski definition) is 3. The molecular weight excluding hydrogens is 427 g/mol. The lowest BCUT2D eigenvalue weighted by molar-refractivity contribution is -0.119. The van der Waals surface area contributed by atoms with E-state index in [0.717, 1.165) is 34.8 Å². The van der Waals surface area contributed by atoms with Crippen LogP contribution in [0, 0.1) is 19.7 Å². The van der Waals surface area contributed by atoms with Crippen LogP contribution in [0.25, 0.3) is 0 Å². The molecule has 3 rings (SSSR count). The predicted octanol–water partition coefficient (Wildman–Crippen LogP) is 4.39. The van der Waals surface area contributed by atoms with Crippen molar-refractivity contribution in [2.24, 2.45) is 0 Å². The lowest BCUT2D eigenvalue weighted by Gasteiger charge is -2.24. The normalized spacial score (nSPS) is 11.2. The third-order valence-electron chi connectivity index (χ3n) is 5.06. The van der Waals surface area contributed by atoms with Gasteiger partial charge in [-0.05, 0) is 68.7 Å². The Hall–Kier alpha value is -3.19. The van der Waals surface area contributed by atoms with Gasteiger partial charge in [-0.15, -0.1) is 0 Å². The standard InChI is InChI=1S/C25H27FN2O3S/c1-19-8-12-23(13-9-19)28(32(30,31)24-14-10-22(26)11-15-24)18-25(29)27-16-4-7-21-6-3-5-20(2)17-21/h3,5-6,8-15,17H,4,7,16,18H2,1-2H3,(H,27,29). The first-order chi connectivity index (χ1) is 15.3. The average molecular weight is 455 g/mol. The lowest BCUT2D eigenvalue weighted by Crippen LogP contribution is -2.41. The van der Waals surface area contributed by atoms with Crippen LogP contribution in [0.5, 0.6) is 0 Å². The van der Waals surface area contributed by atoms with Crippen LogP contribution in [-0.2, 0) is 21.2 Å². The van der Waals surface area contributed by atoms with Gasteiger partial charge >= 0.3 is 0 Å². The number of hydrogen-bond donors (Lipinski definition) is 1. The lowest BCUT2D eigenvalue weighted by atomic mass is 10.1. The smallest absolute Gasteiger partial charge is 0.264 e. The van der Waals surface area contributed by atoms with Crippen molar-refractivity contribution < 1.29 is 17.6 Å². The highest BCUT2D eigenvalue weighted by molar-refractivity contribution is 7.92. The Bertz CT molecular complexity index is 1160. The molecule has 0 fully saturated rings. The van der Waals surface area contributed by atoms with Crippen molar-refractivity contribution in [3.05, 3.63) is 95.3 Å². The zero-order valence-corrected chi connectivity index (χ0v) is 19.0. The van der Waals surface area contributed by atoms with E-state index in [-0.39, 0.29) is 11.4 Å². The highest BCUT2D eigenvalue weighted by Crippen LogP contribution is 2.24. The molecule has 32 heavy (non-hydrogen) atoms. The second kappa shape index (κ2) is 10.4. The van der Waals surface area contributed by atoms with Crippen molar-refractivity contribution in [1.82, 2.24) is 5.32 Å². The van der Waals surface area contributed by atoms with Gasteiger partial charge in [-0.3, -0.25) is 9.10 Å². The molecule has 1 amide bonds. The van der Waals surface area contributed by atoms with Gasteiger partial charge in [-0.2, -0.15) is 0 Å². The zero-order valence-electron chi connectivity index (χ0n) is 18.2. The number of carbonyl (C=O) groups excluding carboxylic acids is 1. The fraction of sp³-hybridized carbons (Fsp3) is 0.240. The first kappa shape index (κ1) is 23.5. The van der Waals surface area contributed by atoms with Crippen LogP contribution in [0.3, 0.4) is 0 Å². The molecule has 1 N–H and O–H groups in total. The number of anilines is 1. The van der Waals surface area contributed by atoms with Gasteiger partial charge in [0, 0.05) is 6.54 Å². The maximum Gasteiger partial charge on any atom is 0.264 e. The largest absolute Gasteiger partial charge is 0.355 e. The summed E-state index contributed by atoms with van der Waals surface area (Å²) in [6.45, 7) is 3.99. The number of nitrogens with zero attached hydrogens (tertiary/aromatic N) is 1. The first-order valence-electron chi connectivity index (χ1n) is 10.4. The molecule has 0 radical (unpaired) electrons. The Balaban J connectivity index is 1.70. The molecule has 0 bridgehead atoms. The topological polar surface area (TPSA) is 66.5 Å². The molecule has 5 nitrogen and oxygen atoms in total. The SMILES string of the molecule is Cc1ccc(N(CC(=O)NCCCc2cccc(C)c2)S(=O)(=O)c2ccc(F)cc2)cc1. The summed E-state index contributed by atoms with van der Waals surface area (Å²) in [5.41, 5.74) is 3.72. The van der Waals surface area contributed by atoms with E-state index in [1.54, 1.807) is 24.3 Å². The Morgan fingerprint density at radius 2 is 1.62 bits per heavy atom. The van der Waals surface area contributed by atoms with Gasteiger partial charge < -0.3 is 5.32 Å². The molecule has 7 heteroatoms. The molecule has 0 spiro atoms. The molecule has 0 aliphatic heterocycles. The van der Waals surface area contributed by atoms with Crippen molar-refractivity contribution >= 4 is 21.6 Å². The van der Waals surface area contributed by atoms with E-state index in [4.69, 9.17) is 0 Å². The van der Waals surface area contributed by atoms with Gasteiger partial charge in [-0.25, -0.2) is 12.8 Å². The summed E-state index contributed by atoms with van der Waals surface area (Å²) in [4.78, 5) is 12.5. The zero-order chi connectivity index (χ0) is 23.1. The van der Waals surface area contributed by atoms with E-state index in [1.165, 1.54) is 23.3 Å². The second-order valence-electron chi connectivity index (χ2n) is 7.74. The molecule has 0 atom stereocenters. The second-order valence-corrected chi connectivity index (χ2v) is 9.61. The van der Waals surface area contributed by atoms with Crippen molar-refractivity contribution in [3.63, 3.8) is 0 Å². The summed E-state index contributed by atoms with van der Waals surface area (Å²) in [6, 6.07) is 19.6. The maximum atomic E-state index is 13.3. The summed E-state index contributed by atoms with van der Waals surface area (Å²) in [7, 11) is -4.05. The summed E-state index contributed by atoms with van der Waals surface area (Å²) in [6.07, 6.45) is 1.56. The van der Waals surface area contributed by atoms with Crippen LogP contribution >= 0.6 is 0 Å². The van der Waals surface area contributed by atoms with E-state index in [1.807, 2.05) is 32.0 Å². The van der Waals surface area contributed by atoms with E-state index in [0.29, 0.717) is 12.2 Å². The van der Waals surface area contributed by atoms with Gasteiger partial charge in [0.15, 0.2) is 0 Å². The number of carbonyl (C=O) groups is 1. The molecule has 0 aliphatic rings. The monoisotopic (exact) mass is 454 g/mol. The summed E-state index contributed by atoms with van der Waals surface area (Å²) in [5, 5.41) is 2.81. The molecule has 0 aliphatic carbocycles. The van der Waals surface area contributed by atoms with Gasteiger partial charge in [0.1, 0.15) is 12.4 Å². The van der Waals surface area contributed by atoms with Crippen molar-refractivity contribution in [3.8, 4) is 0 Å². The van der Waals surface area contributed by atoms with Crippen LogP contribution in [-0.4, -0.2) is 27.4 Å². The fourth-order valence-electron chi connectivity index (χ4n) is 3.33. The van der Waals surface area contributed by atoms with Crippen LogP contribution in [0.1, 0.15) is 23.1 Å². The Labute approximate surface area is 188 Å². The van der Waals surface area contributed by atoms with Crippen LogP contribution < -0.4 is 9.62 Å². The maximum absolute atomic E-state index is 13.3. The summed E-state index contributed by atoms with van der Waals surface area (Å²) < 4.78 is 40.8. The van der Waals surface area contributed by atoms with Crippen LogP contribution in [0.15, 0.2) is 77.7 Å². The number of amides is 1. The molecule has 168 valence electrons. The van der Waals surface area contributed by atoms with E-state index < -0.39 is 21.7 Å². The van der Waals surface area contributed by atoms with Crippen molar-refractivity contribution in [2.75, 3.05) is 17.4 Å². The van der Waals surface area contributed by atoms with Crippen LogP contribution in [0.4, 0.5) is 10.1 Å². The van der Waals surface area contributed by atoms with E-state index in [2.05, 4.69) is 11.4 Å². The highest BCUT2D eigenvalue weighted by atomic mass is 32.2. The minimum absolute atomic E-state index is 0.0771. The number of nitrogens with one attached hydrogen (secondary N) is 1. The van der Waals surface area contributed by atoms with Gasteiger partial charge in [0.05, 0.1) is 10.6 Å².